The van der Waals surface area contributed by atoms with Crippen LogP contribution < -0.4 is 20.1 Å². The average molecular weight is 521 g/mol. The third-order valence-electron chi connectivity index (χ3n) is 5.26. The van der Waals surface area contributed by atoms with Crippen LogP contribution in [0.4, 0.5) is 0 Å². The van der Waals surface area contributed by atoms with Gasteiger partial charge in [0.2, 0.25) is 11.8 Å². The van der Waals surface area contributed by atoms with Crippen LogP contribution >= 0.6 is 0 Å². The van der Waals surface area contributed by atoms with Gasteiger partial charge in [0.15, 0.2) is 22.9 Å². The Morgan fingerprint density at radius 1 is 1.03 bits per heavy atom. The first kappa shape index (κ1) is 29.6. The van der Waals surface area contributed by atoms with Gasteiger partial charge < -0.3 is 35.1 Å². The highest BCUT2D eigenvalue weighted by atomic mass is 16.6. The first-order valence-corrected chi connectivity index (χ1v) is 11.6. The SMILES string of the molecule is CC(=O)Oc1ccc(/C=C/C(=O)N[C@@H](CO)C(=O)N[C@@H](CC(C)C)C(=O)[C@@]2(CO)CO2)cc1OC(C)=O. The highest BCUT2D eigenvalue weighted by Crippen LogP contribution is 2.30. The van der Waals surface area contributed by atoms with Crippen molar-refractivity contribution in [3.05, 3.63) is 29.8 Å². The summed E-state index contributed by atoms with van der Waals surface area (Å²) in [5, 5.41) is 24.0. The van der Waals surface area contributed by atoms with Gasteiger partial charge in [0.1, 0.15) is 6.04 Å². The Bertz CT molecular complexity index is 1060. The summed E-state index contributed by atoms with van der Waals surface area (Å²) in [7, 11) is 0. The average Bonchev–Trinajstić information content (AvgIpc) is 3.62. The summed E-state index contributed by atoms with van der Waals surface area (Å²) in [6.07, 6.45) is 2.71. The maximum absolute atomic E-state index is 12.8. The molecule has 1 heterocycles. The molecule has 0 saturated carbocycles. The summed E-state index contributed by atoms with van der Waals surface area (Å²) >= 11 is 0. The van der Waals surface area contributed by atoms with E-state index in [9.17, 15) is 34.2 Å². The van der Waals surface area contributed by atoms with Gasteiger partial charge in [-0.25, -0.2) is 0 Å². The van der Waals surface area contributed by atoms with Gasteiger partial charge in [0, 0.05) is 19.9 Å². The second-order valence-corrected chi connectivity index (χ2v) is 8.97. The van der Waals surface area contributed by atoms with E-state index in [0.717, 1.165) is 6.08 Å². The fourth-order valence-corrected chi connectivity index (χ4v) is 3.38. The number of ketones is 1. The van der Waals surface area contributed by atoms with Gasteiger partial charge in [-0.15, -0.1) is 0 Å². The van der Waals surface area contributed by atoms with E-state index in [1.54, 1.807) is 0 Å². The number of esters is 2. The Hall–Kier alpha value is -3.61. The Morgan fingerprint density at radius 3 is 2.16 bits per heavy atom. The molecule has 1 aliphatic heterocycles. The van der Waals surface area contributed by atoms with Crippen molar-refractivity contribution < 1.29 is 48.4 Å². The number of aliphatic hydroxyl groups excluding tert-OH is 2. The van der Waals surface area contributed by atoms with Gasteiger partial charge in [0.25, 0.3) is 0 Å². The van der Waals surface area contributed by atoms with Crippen LogP contribution in [0.2, 0.25) is 0 Å². The third-order valence-corrected chi connectivity index (χ3v) is 5.26. The predicted octanol–water partition coefficient (Wildman–Crippen LogP) is -0.111. The zero-order valence-electron chi connectivity index (χ0n) is 21.1. The van der Waals surface area contributed by atoms with Crippen LogP contribution in [0.15, 0.2) is 24.3 Å². The summed E-state index contributed by atoms with van der Waals surface area (Å²) in [5.41, 5.74) is -0.919. The molecule has 2 rings (SSSR count). The summed E-state index contributed by atoms with van der Waals surface area (Å²) in [6.45, 7) is 4.88. The van der Waals surface area contributed by atoms with Crippen LogP contribution in [-0.4, -0.2) is 77.3 Å². The molecule has 0 spiro atoms. The number of rotatable bonds is 13. The van der Waals surface area contributed by atoms with Crippen molar-refractivity contribution in [3.63, 3.8) is 0 Å². The quantitative estimate of drug-likeness (QED) is 0.119. The molecular formula is C25H32N2O10. The van der Waals surface area contributed by atoms with Crippen molar-refractivity contribution in [1.82, 2.24) is 10.6 Å². The number of amides is 2. The minimum atomic E-state index is -1.35. The summed E-state index contributed by atoms with van der Waals surface area (Å²) < 4.78 is 15.1. The molecule has 0 aromatic heterocycles. The molecule has 1 aromatic rings. The number of carbonyl (C=O) groups excluding carboxylic acids is 5. The van der Waals surface area contributed by atoms with E-state index in [4.69, 9.17) is 14.2 Å². The lowest BCUT2D eigenvalue weighted by molar-refractivity contribution is -0.134. The Kier molecular flexibility index (Phi) is 10.5. The summed E-state index contributed by atoms with van der Waals surface area (Å²) in [6, 6.07) is 1.94. The molecule has 0 radical (unpaired) electrons. The molecule has 12 nitrogen and oxygen atoms in total. The van der Waals surface area contributed by atoms with Crippen LogP contribution in [0.5, 0.6) is 11.5 Å². The van der Waals surface area contributed by atoms with E-state index in [-0.39, 0.29) is 30.4 Å². The Balaban J connectivity index is 2.08. The molecule has 37 heavy (non-hydrogen) atoms. The third kappa shape index (κ3) is 8.77. The zero-order chi connectivity index (χ0) is 27.8. The molecule has 1 aliphatic rings. The van der Waals surface area contributed by atoms with E-state index in [1.165, 1.54) is 38.1 Å². The fraction of sp³-hybridized carbons (Fsp3) is 0.480. The predicted molar refractivity (Wildman–Crippen MR) is 129 cm³/mol. The van der Waals surface area contributed by atoms with E-state index in [0.29, 0.717) is 5.56 Å². The molecule has 4 N–H and O–H groups in total. The number of hydrogen-bond acceptors (Lipinski definition) is 10. The number of aliphatic hydroxyl groups is 2. The van der Waals surface area contributed by atoms with Crippen LogP contribution in [0, 0.1) is 5.92 Å². The molecule has 202 valence electrons. The second kappa shape index (κ2) is 13.1. The highest BCUT2D eigenvalue weighted by Gasteiger charge is 2.54. The van der Waals surface area contributed by atoms with Crippen molar-refractivity contribution >= 4 is 35.6 Å². The van der Waals surface area contributed by atoms with Gasteiger partial charge >= 0.3 is 11.9 Å². The van der Waals surface area contributed by atoms with Crippen molar-refractivity contribution in [2.75, 3.05) is 19.8 Å². The highest BCUT2D eigenvalue weighted by molar-refractivity contribution is 5.99. The lowest BCUT2D eigenvalue weighted by Crippen LogP contribution is -2.55. The molecule has 12 heteroatoms. The van der Waals surface area contributed by atoms with Gasteiger partial charge in [-0.1, -0.05) is 19.9 Å². The van der Waals surface area contributed by atoms with E-state index < -0.39 is 60.4 Å². The topological polar surface area (TPSA) is 181 Å². The molecular weight excluding hydrogens is 488 g/mol. The van der Waals surface area contributed by atoms with E-state index in [1.807, 2.05) is 13.8 Å². The number of ether oxygens (including phenoxy) is 3. The van der Waals surface area contributed by atoms with Crippen LogP contribution in [0.1, 0.15) is 39.7 Å². The van der Waals surface area contributed by atoms with E-state index in [2.05, 4.69) is 10.6 Å². The van der Waals surface area contributed by atoms with Crippen molar-refractivity contribution in [2.24, 2.45) is 5.92 Å². The zero-order valence-corrected chi connectivity index (χ0v) is 21.1. The molecule has 0 unspecified atom stereocenters. The minimum Gasteiger partial charge on any atom is -0.423 e. The van der Waals surface area contributed by atoms with Gasteiger partial charge in [-0.3, -0.25) is 24.0 Å². The molecule has 1 fully saturated rings. The maximum atomic E-state index is 12.8. The lowest BCUT2D eigenvalue weighted by atomic mass is 9.92. The van der Waals surface area contributed by atoms with Crippen LogP contribution in [0.3, 0.4) is 0 Å². The molecule has 3 atom stereocenters. The molecule has 0 aliphatic carbocycles. The lowest BCUT2D eigenvalue weighted by Gasteiger charge is -2.24. The first-order valence-electron chi connectivity index (χ1n) is 11.6. The van der Waals surface area contributed by atoms with Gasteiger partial charge in [-0.05, 0) is 36.1 Å². The van der Waals surface area contributed by atoms with Crippen molar-refractivity contribution in [1.29, 1.82) is 0 Å². The van der Waals surface area contributed by atoms with Crippen molar-refractivity contribution in [3.8, 4) is 11.5 Å². The van der Waals surface area contributed by atoms with Crippen LogP contribution in [-0.2, 0) is 28.7 Å². The molecule has 2 amide bonds. The number of epoxide rings is 1. The summed E-state index contributed by atoms with van der Waals surface area (Å²) in [5.74, 6) is -3.21. The summed E-state index contributed by atoms with van der Waals surface area (Å²) in [4.78, 5) is 60.5. The smallest absolute Gasteiger partial charge is 0.308 e. The maximum Gasteiger partial charge on any atom is 0.308 e. The molecule has 1 saturated heterocycles. The number of hydrogen-bond donors (Lipinski definition) is 4. The number of nitrogens with one attached hydrogen (secondary N) is 2. The molecule has 0 bridgehead atoms. The Labute approximate surface area is 214 Å². The minimum absolute atomic E-state index is 0.0198. The molecule has 1 aromatic carbocycles. The normalized spacial score (nSPS) is 18.1. The van der Waals surface area contributed by atoms with Crippen LogP contribution in [0.25, 0.3) is 6.08 Å². The number of Topliss-reactive ketones (excluding diaryl/α,β-unsaturated/α-hetero) is 1. The first-order chi connectivity index (χ1) is 17.4. The van der Waals surface area contributed by atoms with Gasteiger partial charge in [0.05, 0.1) is 25.9 Å². The number of carbonyl (C=O) groups is 5. The van der Waals surface area contributed by atoms with E-state index >= 15 is 0 Å². The van der Waals surface area contributed by atoms with Gasteiger partial charge in [-0.2, -0.15) is 0 Å². The largest absolute Gasteiger partial charge is 0.423 e. The standard InChI is InChI=1S/C25H32N2O10/c1-14(2)9-18(23(33)25(12-29)13-35-25)27-24(34)19(11-28)26-22(32)8-6-17-5-7-20(36-15(3)30)21(10-17)37-16(4)31/h5-8,10,14,18-19,28-29H,9,11-13H2,1-4H3,(H,26,32)(H,27,34)/b8-6+/t18-,19-,25+/m0/s1. The Morgan fingerprint density at radius 2 is 1.65 bits per heavy atom. The number of benzene rings is 1. The monoisotopic (exact) mass is 520 g/mol. The second-order valence-electron chi connectivity index (χ2n) is 8.97. The van der Waals surface area contributed by atoms with Crippen molar-refractivity contribution in [2.45, 2.75) is 51.8 Å². The fourth-order valence-electron chi connectivity index (χ4n) is 3.38.